The first kappa shape index (κ1) is 10.2. The zero-order valence-electron chi connectivity index (χ0n) is 9.16. The lowest BCUT2D eigenvalue weighted by Crippen LogP contribution is -1.97. The molecule has 0 amide bonds. The smallest absolute Gasteiger partial charge is 0.134 e. The molecule has 0 fully saturated rings. The van der Waals surface area contributed by atoms with E-state index in [9.17, 15) is 5.11 Å². The predicted molar refractivity (Wildman–Crippen MR) is 60.8 cm³/mol. The maximum Gasteiger partial charge on any atom is 0.134 e. The van der Waals surface area contributed by atoms with Crippen molar-refractivity contribution in [3.8, 4) is 0 Å². The molecule has 1 aromatic heterocycles. The van der Waals surface area contributed by atoms with Gasteiger partial charge in [0.25, 0.3) is 0 Å². The lowest BCUT2D eigenvalue weighted by Gasteiger charge is -2.07. The van der Waals surface area contributed by atoms with Crippen molar-refractivity contribution < 1.29 is 9.52 Å². The average molecular weight is 204 g/mol. The van der Waals surface area contributed by atoms with Crippen LogP contribution in [0.2, 0.25) is 0 Å². The lowest BCUT2D eigenvalue weighted by molar-refractivity contribution is 0.172. The van der Waals surface area contributed by atoms with Crippen molar-refractivity contribution in [3.05, 3.63) is 35.6 Å². The normalized spacial score (nSPS) is 13.3. The van der Waals surface area contributed by atoms with Crippen molar-refractivity contribution in [1.82, 2.24) is 0 Å². The molecule has 1 heterocycles. The van der Waals surface area contributed by atoms with E-state index in [1.807, 2.05) is 38.1 Å². The molecule has 2 nitrogen and oxygen atoms in total. The number of aryl methyl sites for hydroxylation is 1. The second-order valence-corrected chi connectivity index (χ2v) is 3.71. The molecular formula is C13H16O2. The number of furan rings is 1. The Labute approximate surface area is 89.5 Å². The van der Waals surface area contributed by atoms with Gasteiger partial charge < -0.3 is 9.52 Å². The van der Waals surface area contributed by atoms with Crippen LogP contribution in [0.1, 0.15) is 37.7 Å². The van der Waals surface area contributed by atoms with E-state index in [4.69, 9.17) is 4.42 Å². The fourth-order valence-corrected chi connectivity index (χ4v) is 1.95. The third kappa shape index (κ3) is 1.65. The monoisotopic (exact) mass is 204 g/mol. The molecule has 0 saturated heterocycles. The van der Waals surface area contributed by atoms with Gasteiger partial charge in [-0.15, -0.1) is 0 Å². The van der Waals surface area contributed by atoms with Crippen LogP contribution in [0, 0.1) is 0 Å². The van der Waals surface area contributed by atoms with E-state index in [0.29, 0.717) is 0 Å². The quantitative estimate of drug-likeness (QED) is 0.830. The molecule has 0 aliphatic rings. The highest BCUT2D eigenvalue weighted by atomic mass is 16.3. The first-order valence-corrected chi connectivity index (χ1v) is 5.46. The van der Waals surface area contributed by atoms with Gasteiger partial charge in [-0.2, -0.15) is 0 Å². The molecule has 2 rings (SSSR count). The highest BCUT2D eigenvalue weighted by Gasteiger charge is 2.17. The van der Waals surface area contributed by atoms with E-state index in [1.54, 1.807) is 0 Å². The summed E-state index contributed by atoms with van der Waals surface area (Å²) in [5.74, 6) is 0.908. The fraction of sp³-hybridized carbons (Fsp3) is 0.385. The van der Waals surface area contributed by atoms with Crippen LogP contribution < -0.4 is 0 Å². The van der Waals surface area contributed by atoms with E-state index in [1.165, 1.54) is 0 Å². The van der Waals surface area contributed by atoms with Crippen molar-refractivity contribution >= 4 is 11.0 Å². The van der Waals surface area contributed by atoms with Crippen LogP contribution in [0.3, 0.4) is 0 Å². The number of aliphatic hydroxyl groups is 1. The van der Waals surface area contributed by atoms with Crippen molar-refractivity contribution in [3.63, 3.8) is 0 Å². The predicted octanol–water partition coefficient (Wildman–Crippen LogP) is 3.44. The van der Waals surface area contributed by atoms with Gasteiger partial charge in [-0.1, -0.05) is 32.0 Å². The van der Waals surface area contributed by atoms with Gasteiger partial charge in [0.2, 0.25) is 0 Å². The van der Waals surface area contributed by atoms with Gasteiger partial charge in [-0.05, 0) is 12.5 Å². The number of hydrogen-bond donors (Lipinski definition) is 1. The van der Waals surface area contributed by atoms with E-state index in [0.717, 1.165) is 35.1 Å². The molecule has 1 atom stereocenters. The standard InChI is InChI=1S/C13H16O2/c1-3-10(14)13-9-7-5-6-8-12(9)15-11(13)4-2/h5-8,10,14H,3-4H2,1-2H3/t10-/m0/s1. The minimum Gasteiger partial charge on any atom is -0.461 e. The van der Waals surface area contributed by atoms with Gasteiger partial charge >= 0.3 is 0 Å². The zero-order valence-corrected chi connectivity index (χ0v) is 9.16. The van der Waals surface area contributed by atoms with Gasteiger partial charge in [0, 0.05) is 17.4 Å². The molecule has 0 radical (unpaired) electrons. The second-order valence-electron chi connectivity index (χ2n) is 3.71. The summed E-state index contributed by atoms with van der Waals surface area (Å²) in [5.41, 5.74) is 1.84. The topological polar surface area (TPSA) is 33.4 Å². The number of fused-ring (bicyclic) bond motifs is 1. The molecule has 80 valence electrons. The van der Waals surface area contributed by atoms with Gasteiger partial charge in [-0.25, -0.2) is 0 Å². The Morgan fingerprint density at radius 1 is 1.27 bits per heavy atom. The van der Waals surface area contributed by atoms with Crippen molar-refractivity contribution in [1.29, 1.82) is 0 Å². The Bertz CT molecular complexity index is 457. The fourth-order valence-electron chi connectivity index (χ4n) is 1.95. The summed E-state index contributed by atoms with van der Waals surface area (Å²) in [5, 5.41) is 11.0. The summed E-state index contributed by atoms with van der Waals surface area (Å²) in [7, 11) is 0. The minimum atomic E-state index is -0.413. The van der Waals surface area contributed by atoms with E-state index >= 15 is 0 Å². The van der Waals surface area contributed by atoms with Gasteiger partial charge in [0.1, 0.15) is 11.3 Å². The first-order chi connectivity index (χ1) is 7.27. The van der Waals surface area contributed by atoms with Crippen LogP contribution in [0.4, 0.5) is 0 Å². The average Bonchev–Trinajstić information content (AvgIpc) is 2.66. The van der Waals surface area contributed by atoms with Crippen molar-refractivity contribution in [2.75, 3.05) is 0 Å². The second kappa shape index (κ2) is 4.07. The molecule has 1 aromatic carbocycles. The largest absolute Gasteiger partial charge is 0.461 e. The maximum atomic E-state index is 9.97. The summed E-state index contributed by atoms with van der Waals surface area (Å²) in [6.45, 7) is 4.02. The summed E-state index contributed by atoms with van der Waals surface area (Å²) < 4.78 is 5.71. The van der Waals surface area contributed by atoms with E-state index in [2.05, 4.69) is 0 Å². The summed E-state index contributed by atoms with van der Waals surface area (Å²) in [6, 6.07) is 7.88. The Morgan fingerprint density at radius 2 is 2.00 bits per heavy atom. The minimum absolute atomic E-state index is 0.413. The highest BCUT2D eigenvalue weighted by molar-refractivity contribution is 5.82. The third-order valence-electron chi connectivity index (χ3n) is 2.75. The molecule has 2 heteroatoms. The molecule has 0 spiro atoms. The van der Waals surface area contributed by atoms with Crippen LogP contribution in [-0.4, -0.2) is 5.11 Å². The molecule has 0 aliphatic carbocycles. The zero-order chi connectivity index (χ0) is 10.8. The van der Waals surface area contributed by atoms with Crippen LogP contribution in [0.5, 0.6) is 0 Å². The van der Waals surface area contributed by atoms with Gasteiger partial charge in [-0.3, -0.25) is 0 Å². The third-order valence-corrected chi connectivity index (χ3v) is 2.75. The molecule has 0 saturated carbocycles. The molecule has 15 heavy (non-hydrogen) atoms. The van der Waals surface area contributed by atoms with E-state index < -0.39 is 6.10 Å². The SMILES string of the molecule is CCc1oc2ccccc2c1[C@@H](O)CC. The highest BCUT2D eigenvalue weighted by Crippen LogP contribution is 2.32. The number of hydrogen-bond acceptors (Lipinski definition) is 2. The number of rotatable bonds is 3. The molecule has 0 bridgehead atoms. The molecule has 0 aliphatic heterocycles. The maximum absolute atomic E-state index is 9.97. The summed E-state index contributed by atoms with van der Waals surface area (Å²) >= 11 is 0. The Balaban J connectivity index is 2.66. The Morgan fingerprint density at radius 3 is 2.67 bits per heavy atom. The van der Waals surface area contributed by atoms with Gasteiger partial charge in [0.05, 0.1) is 6.10 Å². The van der Waals surface area contributed by atoms with Crippen LogP contribution in [0.15, 0.2) is 28.7 Å². The Kier molecular flexibility index (Phi) is 2.78. The molecule has 1 N–H and O–H groups in total. The Hall–Kier alpha value is -1.28. The lowest BCUT2D eigenvalue weighted by atomic mass is 10.0. The van der Waals surface area contributed by atoms with E-state index in [-0.39, 0.29) is 0 Å². The van der Waals surface area contributed by atoms with Crippen LogP contribution in [-0.2, 0) is 6.42 Å². The number of benzene rings is 1. The summed E-state index contributed by atoms with van der Waals surface area (Å²) in [6.07, 6.45) is 1.13. The van der Waals surface area contributed by atoms with Crippen molar-refractivity contribution in [2.45, 2.75) is 32.8 Å². The van der Waals surface area contributed by atoms with Crippen LogP contribution in [0.25, 0.3) is 11.0 Å². The molecule has 2 aromatic rings. The number of aliphatic hydroxyl groups excluding tert-OH is 1. The number of para-hydroxylation sites is 1. The molecule has 0 unspecified atom stereocenters. The van der Waals surface area contributed by atoms with Crippen LogP contribution >= 0.6 is 0 Å². The summed E-state index contributed by atoms with van der Waals surface area (Å²) in [4.78, 5) is 0. The van der Waals surface area contributed by atoms with Crippen molar-refractivity contribution in [2.24, 2.45) is 0 Å². The van der Waals surface area contributed by atoms with Gasteiger partial charge in [0.15, 0.2) is 0 Å². The molecular weight excluding hydrogens is 188 g/mol. The first-order valence-electron chi connectivity index (χ1n) is 5.46.